The largest absolute Gasteiger partial charge is 0.316 e. The zero-order chi connectivity index (χ0) is 15.5. The Morgan fingerprint density at radius 2 is 2.24 bits per heavy atom. The van der Waals surface area contributed by atoms with Crippen LogP contribution in [0.3, 0.4) is 0 Å². The molecule has 0 amide bonds. The molecule has 5 nitrogen and oxygen atoms in total. The molecule has 0 saturated carbocycles. The van der Waals surface area contributed by atoms with Gasteiger partial charge >= 0.3 is 0 Å². The fraction of sp³-hybridized carbons (Fsp3) is 0.533. The lowest BCUT2D eigenvalue weighted by Crippen LogP contribution is -2.45. The Kier molecular flexibility index (Phi) is 4.67. The van der Waals surface area contributed by atoms with Crippen LogP contribution in [0.15, 0.2) is 23.1 Å². The lowest BCUT2D eigenvalue weighted by molar-refractivity contribution is 0.238. The van der Waals surface area contributed by atoms with E-state index in [4.69, 9.17) is 5.26 Å². The maximum atomic E-state index is 12.4. The third kappa shape index (κ3) is 3.82. The molecule has 0 bridgehead atoms. The van der Waals surface area contributed by atoms with Crippen LogP contribution in [0.1, 0.15) is 30.9 Å². The van der Waals surface area contributed by atoms with Crippen molar-refractivity contribution in [3.8, 4) is 6.07 Å². The second-order valence-electron chi connectivity index (χ2n) is 6.00. The van der Waals surface area contributed by atoms with Gasteiger partial charge in [-0.3, -0.25) is 0 Å². The summed E-state index contributed by atoms with van der Waals surface area (Å²) >= 11 is 0. The predicted molar refractivity (Wildman–Crippen MR) is 81.3 cm³/mol. The average Bonchev–Trinajstić information content (AvgIpc) is 2.46. The highest BCUT2D eigenvalue weighted by Crippen LogP contribution is 2.25. The first-order valence-electron chi connectivity index (χ1n) is 7.07. The van der Waals surface area contributed by atoms with Crippen LogP contribution in [0.2, 0.25) is 0 Å². The van der Waals surface area contributed by atoms with Crippen LogP contribution >= 0.6 is 0 Å². The molecule has 1 aliphatic heterocycles. The molecule has 2 N–H and O–H groups in total. The summed E-state index contributed by atoms with van der Waals surface area (Å²) in [5.74, 6) is 0. The molecular formula is C15H21N3O2S. The van der Waals surface area contributed by atoms with Crippen molar-refractivity contribution in [3.05, 3.63) is 29.3 Å². The normalized spacial score (nSPS) is 22.7. The highest BCUT2D eigenvalue weighted by molar-refractivity contribution is 7.89. The Morgan fingerprint density at radius 3 is 2.81 bits per heavy atom. The number of nitriles is 1. The number of aryl methyl sites for hydroxylation is 1. The fourth-order valence-electron chi connectivity index (χ4n) is 2.55. The zero-order valence-electron chi connectivity index (χ0n) is 12.4. The number of rotatable bonds is 4. The molecule has 1 fully saturated rings. The Balaban J connectivity index is 2.11. The second kappa shape index (κ2) is 6.14. The van der Waals surface area contributed by atoms with E-state index in [1.54, 1.807) is 19.1 Å². The van der Waals surface area contributed by atoms with Crippen LogP contribution in [-0.2, 0) is 10.0 Å². The molecule has 1 aromatic carbocycles. The number of sulfonamides is 1. The lowest BCUT2D eigenvalue weighted by Gasteiger charge is -2.34. The van der Waals surface area contributed by atoms with Gasteiger partial charge in [0.05, 0.1) is 16.5 Å². The SMILES string of the molecule is Cc1cc(S(=O)(=O)NCC2(C)CCCNC2)ccc1C#N. The molecule has 0 aliphatic carbocycles. The number of nitrogens with one attached hydrogen (secondary N) is 2. The fourth-order valence-corrected chi connectivity index (χ4v) is 3.84. The topological polar surface area (TPSA) is 82.0 Å². The van der Waals surface area contributed by atoms with Crippen LogP contribution in [0.4, 0.5) is 0 Å². The van der Waals surface area contributed by atoms with Gasteiger partial charge in [0.25, 0.3) is 0 Å². The van der Waals surface area contributed by atoms with Crippen LogP contribution < -0.4 is 10.0 Å². The van der Waals surface area contributed by atoms with Crippen LogP contribution in [0.5, 0.6) is 0 Å². The molecule has 1 saturated heterocycles. The van der Waals surface area contributed by atoms with Crippen molar-refractivity contribution < 1.29 is 8.42 Å². The minimum absolute atomic E-state index is 0.0487. The summed E-state index contributed by atoms with van der Waals surface area (Å²) in [4.78, 5) is 0.214. The van der Waals surface area contributed by atoms with Gasteiger partial charge in [-0.05, 0) is 55.5 Å². The van der Waals surface area contributed by atoms with Crippen molar-refractivity contribution in [2.75, 3.05) is 19.6 Å². The van der Waals surface area contributed by atoms with Crippen molar-refractivity contribution in [2.45, 2.75) is 31.6 Å². The number of hydrogen-bond donors (Lipinski definition) is 2. The van der Waals surface area contributed by atoms with Crippen LogP contribution in [0, 0.1) is 23.7 Å². The highest BCUT2D eigenvalue weighted by atomic mass is 32.2. The molecule has 1 aromatic rings. The third-order valence-corrected chi connectivity index (χ3v) is 5.40. The highest BCUT2D eigenvalue weighted by Gasteiger charge is 2.28. The number of piperidine rings is 1. The quantitative estimate of drug-likeness (QED) is 0.884. The molecule has 2 rings (SSSR count). The summed E-state index contributed by atoms with van der Waals surface area (Å²) in [6.45, 7) is 6.07. The van der Waals surface area contributed by atoms with Gasteiger partial charge in [0.2, 0.25) is 10.0 Å². The number of benzene rings is 1. The number of nitrogens with zero attached hydrogens (tertiary/aromatic N) is 1. The Morgan fingerprint density at radius 1 is 1.48 bits per heavy atom. The van der Waals surface area contributed by atoms with Gasteiger partial charge in [0, 0.05) is 13.1 Å². The van der Waals surface area contributed by atoms with E-state index in [2.05, 4.69) is 17.0 Å². The zero-order valence-corrected chi connectivity index (χ0v) is 13.3. The van der Waals surface area contributed by atoms with E-state index < -0.39 is 10.0 Å². The van der Waals surface area contributed by atoms with Gasteiger partial charge in [0.15, 0.2) is 0 Å². The Bertz CT molecular complexity index is 656. The molecular weight excluding hydrogens is 286 g/mol. The Hall–Kier alpha value is -1.42. The monoisotopic (exact) mass is 307 g/mol. The summed E-state index contributed by atoms with van der Waals surface area (Å²) in [7, 11) is -3.53. The van der Waals surface area contributed by atoms with E-state index >= 15 is 0 Å². The number of hydrogen-bond acceptors (Lipinski definition) is 4. The van der Waals surface area contributed by atoms with Gasteiger partial charge in [-0.2, -0.15) is 5.26 Å². The summed E-state index contributed by atoms with van der Waals surface area (Å²) < 4.78 is 27.4. The summed E-state index contributed by atoms with van der Waals surface area (Å²) in [5, 5.41) is 12.2. The first-order chi connectivity index (χ1) is 9.86. The van der Waals surface area contributed by atoms with E-state index in [1.165, 1.54) is 6.07 Å². The molecule has 6 heteroatoms. The molecule has 0 aromatic heterocycles. The smallest absolute Gasteiger partial charge is 0.240 e. The van der Waals surface area contributed by atoms with Crippen molar-refractivity contribution >= 4 is 10.0 Å². The molecule has 114 valence electrons. The molecule has 1 aliphatic rings. The van der Waals surface area contributed by atoms with E-state index in [-0.39, 0.29) is 10.3 Å². The molecule has 1 unspecified atom stereocenters. The maximum Gasteiger partial charge on any atom is 0.240 e. The van der Waals surface area contributed by atoms with E-state index in [0.29, 0.717) is 17.7 Å². The first kappa shape index (κ1) is 16.0. The summed E-state index contributed by atoms with van der Waals surface area (Å²) in [5.41, 5.74) is 1.12. The molecule has 0 radical (unpaired) electrons. The van der Waals surface area contributed by atoms with Crippen molar-refractivity contribution in [3.63, 3.8) is 0 Å². The van der Waals surface area contributed by atoms with Gasteiger partial charge in [-0.1, -0.05) is 6.92 Å². The maximum absolute atomic E-state index is 12.4. The second-order valence-corrected chi connectivity index (χ2v) is 7.77. The molecule has 0 spiro atoms. The average molecular weight is 307 g/mol. The van der Waals surface area contributed by atoms with Crippen LogP contribution in [0.25, 0.3) is 0 Å². The minimum Gasteiger partial charge on any atom is -0.316 e. The standard InChI is InChI=1S/C15H21N3O2S/c1-12-8-14(5-4-13(12)9-16)21(19,20)18-11-15(2)6-3-7-17-10-15/h4-5,8,17-18H,3,6-7,10-11H2,1-2H3. The third-order valence-electron chi connectivity index (χ3n) is 4.00. The molecule has 1 atom stereocenters. The minimum atomic E-state index is -3.53. The van der Waals surface area contributed by atoms with Crippen molar-refractivity contribution in [1.29, 1.82) is 5.26 Å². The lowest BCUT2D eigenvalue weighted by atomic mass is 9.83. The predicted octanol–water partition coefficient (Wildman–Crippen LogP) is 1.53. The van der Waals surface area contributed by atoms with Crippen molar-refractivity contribution in [2.24, 2.45) is 5.41 Å². The van der Waals surface area contributed by atoms with Gasteiger partial charge < -0.3 is 5.32 Å². The van der Waals surface area contributed by atoms with Gasteiger partial charge in [-0.15, -0.1) is 0 Å². The van der Waals surface area contributed by atoms with Crippen molar-refractivity contribution in [1.82, 2.24) is 10.0 Å². The van der Waals surface area contributed by atoms with E-state index in [0.717, 1.165) is 25.9 Å². The van der Waals surface area contributed by atoms with Gasteiger partial charge in [-0.25, -0.2) is 13.1 Å². The molecule has 21 heavy (non-hydrogen) atoms. The first-order valence-corrected chi connectivity index (χ1v) is 8.56. The van der Waals surface area contributed by atoms with E-state index in [1.807, 2.05) is 6.07 Å². The summed E-state index contributed by atoms with van der Waals surface area (Å²) in [6, 6.07) is 6.61. The Labute approximate surface area is 126 Å². The summed E-state index contributed by atoms with van der Waals surface area (Å²) in [6.07, 6.45) is 2.07. The molecule has 1 heterocycles. The van der Waals surface area contributed by atoms with E-state index in [9.17, 15) is 8.42 Å². The van der Waals surface area contributed by atoms with Crippen LogP contribution in [-0.4, -0.2) is 28.1 Å². The van der Waals surface area contributed by atoms with Gasteiger partial charge in [0.1, 0.15) is 0 Å².